The molecule has 0 aliphatic carbocycles. The van der Waals surface area contributed by atoms with E-state index in [0.29, 0.717) is 11.5 Å². The van der Waals surface area contributed by atoms with Gasteiger partial charge in [-0.3, -0.25) is 10.1 Å². The standard InChI is InChI=1S/C18H23IN4O3/c1-9(2)11-6-14(25-5)12(19)7-13(11)26-15-8-21-18(22-16(15)20)23-17(24)10(3)4/h6-10H,1-5H3,(H3,20,21,22,23,24). The Kier molecular flexibility index (Phi) is 6.63. The maximum absolute atomic E-state index is 11.7. The first-order valence-electron chi connectivity index (χ1n) is 8.21. The summed E-state index contributed by atoms with van der Waals surface area (Å²) < 4.78 is 12.3. The molecule has 1 aromatic carbocycles. The molecule has 0 bridgehead atoms. The molecule has 1 aromatic heterocycles. The van der Waals surface area contributed by atoms with Crippen LogP contribution in [-0.2, 0) is 4.79 Å². The molecule has 2 rings (SSSR count). The lowest BCUT2D eigenvalue weighted by molar-refractivity contribution is -0.118. The number of nitrogens with zero attached hydrogens (tertiary/aromatic N) is 2. The van der Waals surface area contributed by atoms with E-state index >= 15 is 0 Å². The highest BCUT2D eigenvalue weighted by molar-refractivity contribution is 14.1. The van der Waals surface area contributed by atoms with Crippen molar-refractivity contribution in [1.29, 1.82) is 0 Å². The Labute approximate surface area is 166 Å². The molecule has 26 heavy (non-hydrogen) atoms. The summed E-state index contributed by atoms with van der Waals surface area (Å²) in [5, 5.41) is 2.61. The fourth-order valence-electron chi connectivity index (χ4n) is 2.14. The van der Waals surface area contributed by atoms with Crippen molar-refractivity contribution >= 4 is 40.3 Å². The van der Waals surface area contributed by atoms with Gasteiger partial charge in [0.05, 0.1) is 16.9 Å². The van der Waals surface area contributed by atoms with Crippen molar-refractivity contribution < 1.29 is 14.3 Å². The van der Waals surface area contributed by atoms with Crippen molar-refractivity contribution in [2.75, 3.05) is 18.2 Å². The molecule has 2 aromatic rings. The molecule has 0 atom stereocenters. The van der Waals surface area contributed by atoms with E-state index in [-0.39, 0.29) is 29.5 Å². The average molecular weight is 470 g/mol. The lowest BCUT2D eigenvalue weighted by Gasteiger charge is -2.17. The number of ether oxygens (including phenoxy) is 2. The van der Waals surface area contributed by atoms with Crippen LogP contribution < -0.4 is 20.5 Å². The molecule has 7 nitrogen and oxygen atoms in total. The first-order chi connectivity index (χ1) is 12.2. The van der Waals surface area contributed by atoms with Gasteiger partial charge in [0.2, 0.25) is 11.9 Å². The zero-order chi connectivity index (χ0) is 19.4. The summed E-state index contributed by atoms with van der Waals surface area (Å²) in [5.74, 6) is 1.97. The van der Waals surface area contributed by atoms with Crippen molar-refractivity contribution in [2.24, 2.45) is 5.92 Å². The van der Waals surface area contributed by atoms with Crippen LogP contribution in [0.5, 0.6) is 17.2 Å². The number of nitrogens with one attached hydrogen (secondary N) is 1. The van der Waals surface area contributed by atoms with Gasteiger partial charge in [0.15, 0.2) is 11.6 Å². The lowest BCUT2D eigenvalue weighted by atomic mass is 10.0. The second-order valence-electron chi connectivity index (χ2n) is 6.37. The number of benzene rings is 1. The molecule has 0 aliphatic heterocycles. The maximum atomic E-state index is 11.7. The Morgan fingerprint density at radius 1 is 1.19 bits per heavy atom. The number of carbonyl (C=O) groups is 1. The van der Waals surface area contributed by atoms with Crippen molar-refractivity contribution in [2.45, 2.75) is 33.6 Å². The third kappa shape index (κ3) is 4.75. The number of rotatable bonds is 6. The van der Waals surface area contributed by atoms with Crippen molar-refractivity contribution in [3.05, 3.63) is 27.5 Å². The monoisotopic (exact) mass is 470 g/mol. The molecule has 140 valence electrons. The predicted octanol–water partition coefficient (Wildman–Crippen LogP) is 4.18. The Balaban J connectivity index is 2.31. The van der Waals surface area contributed by atoms with Crippen LogP contribution in [0, 0.1) is 9.49 Å². The quantitative estimate of drug-likeness (QED) is 0.615. The zero-order valence-corrected chi connectivity index (χ0v) is 17.6. The van der Waals surface area contributed by atoms with Crippen LogP contribution >= 0.6 is 22.6 Å². The molecule has 0 aliphatic rings. The number of hydrogen-bond donors (Lipinski definition) is 2. The highest BCUT2D eigenvalue weighted by Gasteiger charge is 2.16. The minimum atomic E-state index is -0.176. The third-order valence-corrected chi connectivity index (χ3v) is 4.51. The fraction of sp³-hybridized carbons (Fsp3) is 0.389. The zero-order valence-electron chi connectivity index (χ0n) is 15.5. The Hall–Kier alpha value is -2.10. The molecule has 0 unspecified atom stereocenters. The van der Waals surface area contributed by atoms with E-state index in [9.17, 15) is 4.79 Å². The van der Waals surface area contributed by atoms with Crippen LogP contribution in [0.1, 0.15) is 39.2 Å². The van der Waals surface area contributed by atoms with Gasteiger partial charge in [-0.05, 0) is 40.6 Å². The summed E-state index contributed by atoms with van der Waals surface area (Å²) in [7, 11) is 1.64. The minimum absolute atomic E-state index is 0.152. The molecular formula is C18H23IN4O3. The Morgan fingerprint density at radius 3 is 2.42 bits per heavy atom. The predicted molar refractivity (Wildman–Crippen MR) is 110 cm³/mol. The summed E-state index contributed by atoms with van der Waals surface area (Å²) in [6.07, 6.45) is 1.46. The van der Waals surface area contributed by atoms with Gasteiger partial charge in [-0.15, -0.1) is 0 Å². The first kappa shape index (κ1) is 20.2. The van der Waals surface area contributed by atoms with Gasteiger partial charge in [-0.25, -0.2) is 4.98 Å². The maximum Gasteiger partial charge on any atom is 0.231 e. The van der Waals surface area contributed by atoms with Crippen LogP contribution in [0.15, 0.2) is 18.3 Å². The molecule has 0 fully saturated rings. The second-order valence-corrected chi connectivity index (χ2v) is 7.53. The number of nitrogens with two attached hydrogens (primary N) is 1. The largest absolute Gasteiger partial charge is 0.496 e. The molecule has 0 radical (unpaired) electrons. The molecular weight excluding hydrogens is 447 g/mol. The van der Waals surface area contributed by atoms with Crippen molar-refractivity contribution in [3.8, 4) is 17.2 Å². The van der Waals surface area contributed by atoms with Crippen molar-refractivity contribution in [1.82, 2.24) is 9.97 Å². The van der Waals surface area contributed by atoms with Gasteiger partial charge in [-0.2, -0.15) is 4.98 Å². The van der Waals surface area contributed by atoms with Crippen LogP contribution in [-0.4, -0.2) is 23.0 Å². The molecule has 1 heterocycles. The van der Waals surface area contributed by atoms with Crippen LogP contribution in [0.4, 0.5) is 11.8 Å². The number of methoxy groups -OCH3 is 1. The summed E-state index contributed by atoms with van der Waals surface area (Å²) in [5.41, 5.74) is 6.97. The normalized spacial score (nSPS) is 10.9. The summed E-state index contributed by atoms with van der Waals surface area (Å²) >= 11 is 2.19. The van der Waals surface area contributed by atoms with E-state index in [0.717, 1.165) is 14.9 Å². The van der Waals surface area contributed by atoms with Gasteiger partial charge in [0.25, 0.3) is 0 Å². The van der Waals surface area contributed by atoms with Gasteiger partial charge >= 0.3 is 0 Å². The van der Waals surface area contributed by atoms with Crippen LogP contribution in [0.25, 0.3) is 0 Å². The molecule has 3 N–H and O–H groups in total. The number of amides is 1. The summed E-state index contributed by atoms with van der Waals surface area (Å²) in [4.78, 5) is 20.0. The Morgan fingerprint density at radius 2 is 1.88 bits per heavy atom. The topological polar surface area (TPSA) is 99.4 Å². The van der Waals surface area contributed by atoms with Gasteiger partial charge in [0, 0.05) is 11.5 Å². The number of nitrogen functional groups attached to an aromatic ring is 1. The van der Waals surface area contributed by atoms with E-state index in [1.54, 1.807) is 21.0 Å². The number of halogens is 1. The smallest absolute Gasteiger partial charge is 0.231 e. The summed E-state index contributed by atoms with van der Waals surface area (Å²) in [6, 6.07) is 3.85. The fourth-order valence-corrected chi connectivity index (χ4v) is 2.80. The highest BCUT2D eigenvalue weighted by Crippen LogP contribution is 2.37. The molecule has 0 spiro atoms. The molecule has 0 saturated heterocycles. The molecule has 8 heteroatoms. The average Bonchev–Trinajstić information content (AvgIpc) is 2.57. The van der Waals surface area contributed by atoms with E-state index in [1.165, 1.54) is 6.20 Å². The van der Waals surface area contributed by atoms with Crippen LogP contribution in [0.3, 0.4) is 0 Å². The molecule has 0 saturated carbocycles. The van der Waals surface area contributed by atoms with E-state index in [4.69, 9.17) is 15.2 Å². The van der Waals surface area contributed by atoms with Gasteiger partial charge in [0.1, 0.15) is 11.5 Å². The Bertz CT molecular complexity index is 809. The number of aromatic nitrogens is 2. The minimum Gasteiger partial charge on any atom is -0.496 e. The van der Waals surface area contributed by atoms with Gasteiger partial charge < -0.3 is 15.2 Å². The summed E-state index contributed by atoms with van der Waals surface area (Å²) in [6.45, 7) is 7.71. The van der Waals surface area contributed by atoms with Gasteiger partial charge in [-0.1, -0.05) is 27.7 Å². The number of anilines is 2. The van der Waals surface area contributed by atoms with E-state index in [1.807, 2.05) is 12.1 Å². The van der Waals surface area contributed by atoms with Crippen LogP contribution in [0.2, 0.25) is 0 Å². The lowest BCUT2D eigenvalue weighted by Crippen LogP contribution is -2.19. The SMILES string of the molecule is COc1cc(C(C)C)c(Oc2cnc(NC(=O)C(C)C)nc2N)cc1I. The highest BCUT2D eigenvalue weighted by atomic mass is 127. The molecule has 1 amide bonds. The van der Waals surface area contributed by atoms with E-state index in [2.05, 4.69) is 51.7 Å². The second kappa shape index (κ2) is 8.52. The van der Waals surface area contributed by atoms with E-state index < -0.39 is 0 Å². The number of carbonyl (C=O) groups excluding carboxylic acids is 1. The first-order valence-corrected chi connectivity index (χ1v) is 9.29. The number of hydrogen-bond acceptors (Lipinski definition) is 6. The van der Waals surface area contributed by atoms with Crippen molar-refractivity contribution in [3.63, 3.8) is 0 Å². The third-order valence-electron chi connectivity index (χ3n) is 3.67.